The summed E-state index contributed by atoms with van der Waals surface area (Å²) in [5.74, 6) is 0. The van der Waals surface area contributed by atoms with E-state index in [2.05, 4.69) is 46.4 Å². The summed E-state index contributed by atoms with van der Waals surface area (Å²) in [6, 6.07) is 17.0. The van der Waals surface area contributed by atoms with Crippen molar-refractivity contribution in [1.29, 1.82) is 0 Å². The van der Waals surface area contributed by atoms with Crippen LogP contribution < -0.4 is 5.32 Å². The lowest BCUT2D eigenvalue weighted by molar-refractivity contribution is 0.541. The van der Waals surface area contributed by atoms with E-state index in [-0.39, 0.29) is 0 Å². The average molecular weight is 334 g/mol. The molecular formula is C17H16ClNS2. The Bertz CT molecular complexity index is 662. The number of rotatable bonds is 6. The van der Waals surface area contributed by atoms with Gasteiger partial charge in [0.25, 0.3) is 0 Å². The highest BCUT2D eigenvalue weighted by atomic mass is 35.5. The third-order valence-electron chi connectivity index (χ3n) is 3.31. The molecular weight excluding hydrogens is 318 g/mol. The minimum Gasteiger partial charge on any atom is -0.305 e. The van der Waals surface area contributed by atoms with E-state index in [0.29, 0.717) is 6.04 Å². The topological polar surface area (TPSA) is 12.0 Å². The molecule has 1 atom stereocenters. The van der Waals surface area contributed by atoms with Crippen molar-refractivity contribution in [3.63, 3.8) is 0 Å². The second-order valence-electron chi connectivity index (χ2n) is 4.86. The maximum Gasteiger partial charge on any atom is 0.0466 e. The Labute approximate surface area is 138 Å². The molecule has 1 unspecified atom stereocenters. The fraction of sp³-hybridized carbons (Fsp3) is 0.176. The summed E-state index contributed by atoms with van der Waals surface area (Å²) >= 11 is 9.67. The van der Waals surface area contributed by atoms with Gasteiger partial charge in [-0.3, -0.25) is 0 Å². The van der Waals surface area contributed by atoms with Crippen LogP contribution in [0.15, 0.2) is 59.3 Å². The van der Waals surface area contributed by atoms with Crippen LogP contribution in [0.1, 0.15) is 21.4 Å². The summed E-state index contributed by atoms with van der Waals surface area (Å²) in [6.45, 7) is 0.828. The van der Waals surface area contributed by atoms with Gasteiger partial charge in [0.15, 0.2) is 0 Å². The third-order valence-corrected chi connectivity index (χ3v) is 5.43. The van der Waals surface area contributed by atoms with E-state index in [1.807, 2.05) is 40.9 Å². The average Bonchev–Trinajstić information content (AvgIpc) is 3.16. The zero-order valence-electron chi connectivity index (χ0n) is 11.5. The van der Waals surface area contributed by atoms with E-state index in [4.69, 9.17) is 11.6 Å². The number of hydrogen-bond donors (Lipinski definition) is 1. The summed E-state index contributed by atoms with van der Waals surface area (Å²) in [5, 5.41) is 8.73. The van der Waals surface area contributed by atoms with Crippen molar-refractivity contribution in [3.8, 4) is 0 Å². The van der Waals surface area contributed by atoms with Gasteiger partial charge in [0.2, 0.25) is 0 Å². The van der Waals surface area contributed by atoms with Crippen LogP contribution in [0.5, 0.6) is 0 Å². The fourth-order valence-corrected chi connectivity index (χ4v) is 4.05. The molecule has 1 N–H and O–H groups in total. The Morgan fingerprint density at radius 2 is 1.86 bits per heavy atom. The lowest BCUT2D eigenvalue weighted by Gasteiger charge is -2.17. The Balaban J connectivity index is 1.70. The van der Waals surface area contributed by atoms with Gasteiger partial charge in [0, 0.05) is 33.8 Å². The van der Waals surface area contributed by atoms with Crippen LogP contribution in [-0.4, -0.2) is 0 Å². The monoisotopic (exact) mass is 333 g/mol. The van der Waals surface area contributed by atoms with Gasteiger partial charge in [-0.2, -0.15) is 0 Å². The SMILES string of the molecule is Clc1cccc(CNC(Cc2cccs2)c2cccs2)c1. The number of hydrogen-bond acceptors (Lipinski definition) is 3. The van der Waals surface area contributed by atoms with Crippen LogP contribution in [-0.2, 0) is 13.0 Å². The molecule has 0 amide bonds. The predicted molar refractivity (Wildman–Crippen MR) is 93.4 cm³/mol. The molecule has 0 spiro atoms. The maximum absolute atomic E-state index is 6.05. The van der Waals surface area contributed by atoms with Gasteiger partial charge in [0.05, 0.1) is 0 Å². The van der Waals surface area contributed by atoms with E-state index in [9.17, 15) is 0 Å². The molecule has 2 heterocycles. The normalized spacial score (nSPS) is 12.4. The molecule has 0 saturated heterocycles. The van der Waals surface area contributed by atoms with Gasteiger partial charge in [-0.15, -0.1) is 22.7 Å². The van der Waals surface area contributed by atoms with Crippen molar-refractivity contribution in [2.24, 2.45) is 0 Å². The Morgan fingerprint density at radius 3 is 2.57 bits per heavy atom. The molecule has 0 bridgehead atoms. The summed E-state index contributed by atoms with van der Waals surface area (Å²) in [5.41, 5.74) is 1.22. The number of thiophene rings is 2. The first kappa shape index (κ1) is 14.8. The largest absolute Gasteiger partial charge is 0.305 e. The smallest absolute Gasteiger partial charge is 0.0466 e. The van der Waals surface area contributed by atoms with Gasteiger partial charge >= 0.3 is 0 Å². The van der Waals surface area contributed by atoms with E-state index >= 15 is 0 Å². The Hall–Kier alpha value is -1.13. The molecule has 3 rings (SSSR count). The minimum atomic E-state index is 0.350. The zero-order valence-corrected chi connectivity index (χ0v) is 13.8. The summed E-state index contributed by atoms with van der Waals surface area (Å²) in [4.78, 5) is 2.79. The van der Waals surface area contributed by atoms with Crippen LogP contribution in [0.25, 0.3) is 0 Å². The van der Waals surface area contributed by atoms with Gasteiger partial charge in [-0.25, -0.2) is 0 Å². The fourth-order valence-electron chi connectivity index (χ4n) is 2.28. The van der Waals surface area contributed by atoms with Crippen LogP contribution in [0.4, 0.5) is 0 Å². The minimum absolute atomic E-state index is 0.350. The molecule has 3 aromatic rings. The van der Waals surface area contributed by atoms with Gasteiger partial charge in [-0.05, 0) is 40.6 Å². The Morgan fingerprint density at radius 1 is 1.00 bits per heavy atom. The second kappa shape index (κ2) is 7.23. The Kier molecular flexibility index (Phi) is 5.09. The highest BCUT2D eigenvalue weighted by Crippen LogP contribution is 2.25. The van der Waals surface area contributed by atoms with E-state index in [0.717, 1.165) is 18.0 Å². The molecule has 4 heteroatoms. The van der Waals surface area contributed by atoms with Crippen LogP contribution in [0.3, 0.4) is 0 Å². The molecule has 0 radical (unpaired) electrons. The van der Waals surface area contributed by atoms with Crippen molar-refractivity contribution in [1.82, 2.24) is 5.32 Å². The molecule has 0 fully saturated rings. The third kappa shape index (κ3) is 4.17. The number of benzene rings is 1. The molecule has 108 valence electrons. The molecule has 1 aromatic carbocycles. The summed E-state index contributed by atoms with van der Waals surface area (Å²) < 4.78 is 0. The lowest BCUT2D eigenvalue weighted by Crippen LogP contribution is -2.21. The van der Waals surface area contributed by atoms with E-state index in [1.165, 1.54) is 15.3 Å². The maximum atomic E-state index is 6.05. The van der Waals surface area contributed by atoms with Crippen molar-refractivity contribution < 1.29 is 0 Å². The number of halogens is 1. The lowest BCUT2D eigenvalue weighted by atomic mass is 10.1. The van der Waals surface area contributed by atoms with Gasteiger partial charge < -0.3 is 5.32 Å². The number of nitrogens with one attached hydrogen (secondary N) is 1. The molecule has 0 aliphatic rings. The van der Waals surface area contributed by atoms with Crippen molar-refractivity contribution in [2.45, 2.75) is 19.0 Å². The highest BCUT2D eigenvalue weighted by molar-refractivity contribution is 7.10. The van der Waals surface area contributed by atoms with Gasteiger partial charge in [-0.1, -0.05) is 35.9 Å². The summed E-state index contributed by atoms with van der Waals surface area (Å²) in [6.07, 6.45) is 1.03. The standard InChI is InChI=1S/C17H16ClNS2/c18-14-5-1-4-13(10-14)12-19-16(17-7-3-9-21-17)11-15-6-2-8-20-15/h1-10,16,19H,11-12H2. The zero-order chi connectivity index (χ0) is 14.5. The first-order chi connectivity index (χ1) is 10.3. The molecule has 0 aliphatic heterocycles. The van der Waals surface area contributed by atoms with Crippen LogP contribution in [0.2, 0.25) is 5.02 Å². The van der Waals surface area contributed by atoms with Crippen molar-refractivity contribution in [3.05, 3.63) is 79.6 Å². The molecule has 1 nitrogen and oxygen atoms in total. The highest BCUT2D eigenvalue weighted by Gasteiger charge is 2.13. The van der Waals surface area contributed by atoms with E-state index < -0.39 is 0 Å². The molecule has 2 aromatic heterocycles. The van der Waals surface area contributed by atoms with Crippen molar-refractivity contribution >= 4 is 34.3 Å². The summed E-state index contributed by atoms with van der Waals surface area (Å²) in [7, 11) is 0. The molecule has 0 saturated carbocycles. The van der Waals surface area contributed by atoms with E-state index in [1.54, 1.807) is 0 Å². The van der Waals surface area contributed by atoms with Gasteiger partial charge in [0.1, 0.15) is 0 Å². The molecule has 21 heavy (non-hydrogen) atoms. The first-order valence-electron chi connectivity index (χ1n) is 6.85. The first-order valence-corrected chi connectivity index (χ1v) is 8.98. The molecule has 0 aliphatic carbocycles. The van der Waals surface area contributed by atoms with Crippen LogP contribution in [0, 0.1) is 0 Å². The van der Waals surface area contributed by atoms with Crippen molar-refractivity contribution in [2.75, 3.05) is 0 Å². The van der Waals surface area contributed by atoms with Crippen LogP contribution >= 0.6 is 34.3 Å². The predicted octanol–water partition coefficient (Wildman–Crippen LogP) is 5.54. The second-order valence-corrected chi connectivity index (χ2v) is 7.31. The quantitative estimate of drug-likeness (QED) is 0.624.